The molecule has 1 amide bonds. The summed E-state index contributed by atoms with van der Waals surface area (Å²) in [5.74, 6) is 0.598. The van der Waals surface area contributed by atoms with Gasteiger partial charge in [0, 0.05) is 6.04 Å². The lowest BCUT2D eigenvalue weighted by molar-refractivity contribution is 0.0887. The van der Waals surface area contributed by atoms with Gasteiger partial charge in [0.2, 0.25) is 0 Å². The fourth-order valence-corrected chi connectivity index (χ4v) is 3.21. The van der Waals surface area contributed by atoms with Crippen LogP contribution in [-0.4, -0.2) is 42.3 Å². The van der Waals surface area contributed by atoms with Crippen LogP contribution in [0.4, 0.5) is 4.79 Å². The van der Waals surface area contributed by atoms with Crippen molar-refractivity contribution in [3.63, 3.8) is 0 Å². The molecule has 1 aliphatic carbocycles. The van der Waals surface area contributed by atoms with Gasteiger partial charge in [-0.3, -0.25) is 4.90 Å². The molecule has 4 heteroatoms. The molecule has 2 heterocycles. The summed E-state index contributed by atoms with van der Waals surface area (Å²) < 4.78 is 5.30. The molecular weight excluding hydrogens is 204 g/mol. The second-order valence-electron chi connectivity index (χ2n) is 5.54. The second-order valence-corrected chi connectivity index (χ2v) is 5.54. The van der Waals surface area contributed by atoms with Gasteiger partial charge in [-0.2, -0.15) is 0 Å². The maximum Gasteiger partial charge on any atom is 0.410 e. The van der Waals surface area contributed by atoms with Gasteiger partial charge in [0.25, 0.3) is 0 Å². The fraction of sp³-hybridized carbons (Fsp3) is 0.917. The van der Waals surface area contributed by atoms with Crippen LogP contribution in [0.5, 0.6) is 0 Å². The molecule has 2 aliphatic heterocycles. The summed E-state index contributed by atoms with van der Waals surface area (Å²) >= 11 is 0. The molecule has 0 bridgehead atoms. The molecule has 1 N–H and O–H groups in total. The zero-order valence-corrected chi connectivity index (χ0v) is 9.87. The lowest BCUT2D eigenvalue weighted by atomic mass is 9.79. The molecule has 90 valence electrons. The number of carbonyl (C=O) groups is 1. The first-order chi connectivity index (χ1) is 7.72. The largest absolute Gasteiger partial charge is 0.447 e. The third-order valence-electron chi connectivity index (χ3n) is 4.37. The molecule has 2 saturated heterocycles. The summed E-state index contributed by atoms with van der Waals surface area (Å²) in [6, 6.07) is 0.467. The number of nitrogens with one attached hydrogen (secondary N) is 1. The van der Waals surface area contributed by atoms with Crippen LogP contribution >= 0.6 is 0 Å². The molecular formula is C12H20N2O2. The van der Waals surface area contributed by atoms with Crippen LogP contribution in [0.25, 0.3) is 0 Å². The SMILES string of the molecule is CC1(C2CCNCC2)COC(=O)N1C1CC1. The number of rotatable bonds is 2. The molecule has 3 rings (SSSR count). The van der Waals surface area contributed by atoms with Crippen LogP contribution in [0.1, 0.15) is 32.6 Å². The van der Waals surface area contributed by atoms with Crippen molar-refractivity contribution < 1.29 is 9.53 Å². The van der Waals surface area contributed by atoms with Crippen molar-refractivity contribution in [3.05, 3.63) is 0 Å². The summed E-state index contributed by atoms with van der Waals surface area (Å²) in [4.78, 5) is 13.8. The van der Waals surface area contributed by atoms with E-state index in [2.05, 4.69) is 12.2 Å². The molecule has 0 aromatic rings. The predicted molar refractivity (Wildman–Crippen MR) is 60.2 cm³/mol. The fourth-order valence-electron chi connectivity index (χ4n) is 3.21. The predicted octanol–water partition coefficient (Wildman–Crippen LogP) is 1.36. The molecule has 4 nitrogen and oxygen atoms in total. The van der Waals surface area contributed by atoms with Gasteiger partial charge in [0.1, 0.15) is 6.61 Å². The minimum Gasteiger partial charge on any atom is -0.447 e. The zero-order chi connectivity index (χ0) is 11.2. The van der Waals surface area contributed by atoms with Crippen molar-refractivity contribution in [2.24, 2.45) is 5.92 Å². The zero-order valence-electron chi connectivity index (χ0n) is 9.87. The summed E-state index contributed by atoms with van der Waals surface area (Å²) in [7, 11) is 0. The minimum absolute atomic E-state index is 0.0413. The van der Waals surface area contributed by atoms with E-state index >= 15 is 0 Å². The topological polar surface area (TPSA) is 41.6 Å². The monoisotopic (exact) mass is 224 g/mol. The molecule has 0 spiro atoms. The first kappa shape index (κ1) is 10.4. The van der Waals surface area contributed by atoms with E-state index in [1.54, 1.807) is 0 Å². The Hall–Kier alpha value is -0.770. The van der Waals surface area contributed by atoms with Gasteiger partial charge in [-0.05, 0) is 51.6 Å². The maximum atomic E-state index is 11.8. The number of nitrogens with zero attached hydrogens (tertiary/aromatic N) is 1. The van der Waals surface area contributed by atoms with Crippen molar-refractivity contribution in [2.45, 2.75) is 44.2 Å². The summed E-state index contributed by atoms with van der Waals surface area (Å²) in [6.07, 6.45) is 4.57. The molecule has 0 radical (unpaired) electrons. The summed E-state index contributed by atoms with van der Waals surface area (Å²) in [5.41, 5.74) is -0.0413. The number of hydrogen-bond donors (Lipinski definition) is 1. The highest BCUT2D eigenvalue weighted by Gasteiger charge is 2.53. The molecule has 3 fully saturated rings. The maximum absolute atomic E-state index is 11.8. The van der Waals surface area contributed by atoms with E-state index in [9.17, 15) is 4.79 Å². The normalized spacial score (nSPS) is 36.6. The molecule has 16 heavy (non-hydrogen) atoms. The van der Waals surface area contributed by atoms with E-state index in [4.69, 9.17) is 4.74 Å². The first-order valence-electron chi connectivity index (χ1n) is 6.38. The Labute approximate surface area is 96.3 Å². The van der Waals surface area contributed by atoms with Crippen LogP contribution in [0.2, 0.25) is 0 Å². The number of ether oxygens (including phenoxy) is 1. The van der Waals surface area contributed by atoms with Gasteiger partial charge in [-0.25, -0.2) is 4.79 Å². The van der Waals surface area contributed by atoms with Crippen molar-refractivity contribution in [2.75, 3.05) is 19.7 Å². The average molecular weight is 224 g/mol. The number of amides is 1. The van der Waals surface area contributed by atoms with Gasteiger partial charge < -0.3 is 10.1 Å². The molecule has 1 saturated carbocycles. The van der Waals surface area contributed by atoms with Crippen LogP contribution in [0, 0.1) is 5.92 Å². The Bertz CT molecular complexity index is 297. The van der Waals surface area contributed by atoms with Gasteiger partial charge in [0.15, 0.2) is 0 Å². The van der Waals surface area contributed by atoms with Crippen molar-refractivity contribution in [1.82, 2.24) is 10.2 Å². The quantitative estimate of drug-likeness (QED) is 0.770. The van der Waals surface area contributed by atoms with Crippen LogP contribution in [0.15, 0.2) is 0 Å². The molecule has 0 aromatic heterocycles. The third-order valence-corrected chi connectivity index (χ3v) is 4.37. The van der Waals surface area contributed by atoms with Crippen LogP contribution in [-0.2, 0) is 4.74 Å². The van der Waals surface area contributed by atoms with E-state index in [1.165, 1.54) is 0 Å². The van der Waals surface area contributed by atoms with E-state index in [0.717, 1.165) is 38.8 Å². The van der Waals surface area contributed by atoms with Gasteiger partial charge >= 0.3 is 6.09 Å². The first-order valence-corrected chi connectivity index (χ1v) is 6.38. The van der Waals surface area contributed by atoms with Crippen LogP contribution < -0.4 is 5.32 Å². The Kier molecular flexibility index (Phi) is 2.35. The Morgan fingerprint density at radius 1 is 1.31 bits per heavy atom. The van der Waals surface area contributed by atoms with Gasteiger partial charge in [-0.1, -0.05) is 0 Å². The second kappa shape index (κ2) is 3.62. The standard InChI is InChI=1S/C12H20N2O2/c1-12(9-4-6-13-7-5-9)8-16-11(15)14(12)10-2-3-10/h9-10,13H,2-8H2,1H3. The lowest BCUT2D eigenvalue weighted by Crippen LogP contribution is -2.53. The minimum atomic E-state index is -0.0801. The highest BCUT2D eigenvalue weighted by Crippen LogP contribution is 2.43. The molecule has 3 aliphatic rings. The van der Waals surface area contributed by atoms with Gasteiger partial charge in [0.05, 0.1) is 5.54 Å². The Balaban J connectivity index is 1.81. The highest BCUT2D eigenvalue weighted by atomic mass is 16.6. The average Bonchev–Trinajstić information content (AvgIpc) is 3.08. The Morgan fingerprint density at radius 3 is 2.62 bits per heavy atom. The summed E-state index contributed by atoms with van der Waals surface area (Å²) in [6.45, 7) is 4.96. The van der Waals surface area contributed by atoms with Crippen molar-refractivity contribution >= 4 is 6.09 Å². The van der Waals surface area contributed by atoms with Crippen molar-refractivity contribution in [3.8, 4) is 0 Å². The van der Waals surface area contributed by atoms with Crippen molar-refractivity contribution in [1.29, 1.82) is 0 Å². The number of hydrogen-bond acceptors (Lipinski definition) is 3. The molecule has 1 atom stereocenters. The van der Waals surface area contributed by atoms with E-state index in [0.29, 0.717) is 18.6 Å². The number of carbonyl (C=O) groups excluding carboxylic acids is 1. The number of piperidine rings is 1. The molecule has 0 aromatic carbocycles. The van der Waals surface area contributed by atoms with Gasteiger partial charge in [-0.15, -0.1) is 0 Å². The molecule has 1 unspecified atom stereocenters. The van der Waals surface area contributed by atoms with Crippen LogP contribution in [0.3, 0.4) is 0 Å². The van der Waals surface area contributed by atoms with E-state index in [-0.39, 0.29) is 11.6 Å². The summed E-state index contributed by atoms with van der Waals surface area (Å²) in [5, 5.41) is 3.38. The third kappa shape index (κ3) is 1.51. The number of cyclic esters (lactones) is 1. The van der Waals surface area contributed by atoms with E-state index < -0.39 is 0 Å². The Morgan fingerprint density at radius 2 is 2.00 bits per heavy atom. The van der Waals surface area contributed by atoms with E-state index in [1.807, 2.05) is 4.90 Å². The smallest absolute Gasteiger partial charge is 0.410 e. The highest BCUT2D eigenvalue weighted by molar-refractivity contribution is 5.72. The lowest BCUT2D eigenvalue weighted by Gasteiger charge is -2.41.